The monoisotopic (exact) mass is 194 g/mol. The van der Waals surface area contributed by atoms with Crippen molar-refractivity contribution in [3.63, 3.8) is 0 Å². The van der Waals surface area contributed by atoms with Crippen LogP contribution in [0, 0.1) is 0 Å². The molecule has 0 amide bonds. The van der Waals surface area contributed by atoms with Crippen molar-refractivity contribution in [2.45, 2.75) is 0 Å². The first-order valence-electron chi connectivity index (χ1n) is 3.79. The summed E-state index contributed by atoms with van der Waals surface area (Å²) in [5, 5.41) is 9.76. The number of furan rings is 1. The topological polar surface area (TPSA) is 33.4 Å². The summed E-state index contributed by atoms with van der Waals surface area (Å²) in [4.78, 5) is 0. The van der Waals surface area contributed by atoms with Gasteiger partial charge in [-0.1, -0.05) is 11.6 Å². The van der Waals surface area contributed by atoms with Crippen LogP contribution in [0.15, 0.2) is 41.0 Å². The Bertz CT molecular complexity index is 387. The highest BCUT2D eigenvalue weighted by Crippen LogP contribution is 2.27. The van der Waals surface area contributed by atoms with Gasteiger partial charge in [-0.05, 0) is 30.3 Å². The molecule has 2 nitrogen and oxygen atoms in total. The quantitative estimate of drug-likeness (QED) is 0.756. The lowest BCUT2D eigenvalue weighted by molar-refractivity contribution is 0.475. The molecule has 1 heterocycles. The van der Waals surface area contributed by atoms with E-state index >= 15 is 0 Å². The lowest BCUT2D eigenvalue weighted by Crippen LogP contribution is -1.74. The van der Waals surface area contributed by atoms with Crippen LogP contribution in [0.3, 0.4) is 0 Å². The van der Waals surface area contributed by atoms with Crippen molar-refractivity contribution in [1.82, 2.24) is 0 Å². The van der Waals surface area contributed by atoms with Gasteiger partial charge in [-0.15, -0.1) is 0 Å². The van der Waals surface area contributed by atoms with Crippen molar-refractivity contribution in [3.8, 4) is 17.1 Å². The number of phenolic OH excluding ortho intramolecular Hbond substituents is 1. The van der Waals surface area contributed by atoms with Crippen LogP contribution < -0.4 is 0 Å². The highest BCUT2D eigenvalue weighted by Gasteiger charge is 2.03. The minimum atomic E-state index is 0.138. The average molecular weight is 195 g/mol. The zero-order valence-electron chi connectivity index (χ0n) is 6.70. The van der Waals surface area contributed by atoms with Gasteiger partial charge in [-0.3, -0.25) is 0 Å². The van der Waals surface area contributed by atoms with Gasteiger partial charge in [0.2, 0.25) is 0 Å². The van der Waals surface area contributed by atoms with Crippen molar-refractivity contribution in [2.75, 3.05) is 0 Å². The van der Waals surface area contributed by atoms with Crippen LogP contribution in [0.25, 0.3) is 11.3 Å². The van der Waals surface area contributed by atoms with Crippen molar-refractivity contribution in [3.05, 3.63) is 41.6 Å². The lowest BCUT2D eigenvalue weighted by atomic mass is 10.2. The number of halogens is 1. The van der Waals surface area contributed by atoms with Gasteiger partial charge in [-0.25, -0.2) is 0 Å². The number of hydrogen-bond donors (Lipinski definition) is 1. The molecule has 66 valence electrons. The van der Waals surface area contributed by atoms with Crippen molar-refractivity contribution < 1.29 is 9.52 Å². The SMILES string of the molecule is Oc1cc(Cl)cc(-c2ccco2)c1. The van der Waals surface area contributed by atoms with Crippen molar-refractivity contribution in [2.24, 2.45) is 0 Å². The van der Waals surface area contributed by atoms with E-state index in [0.717, 1.165) is 5.56 Å². The Morgan fingerprint density at radius 2 is 2.08 bits per heavy atom. The Morgan fingerprint density at radius 1 is 1.23 bits per heavy atom. The number of hydrogen-bond acceptors (Lipinski definition) is 2. The van der Waals surface area contributed by atoms with Crippen LogP contribution in [0.1, 0.15) is 0 Å². The molecule has 0 aliphatic heterocycles. The van der Waals surface area contributed by atoms with Crippen LogP contribution in [-0.2, 0) is 0 Å². The van der Waals surface area contributed by atoms with Crippen molar-refractivity contribution in [1.29, 1.82) is 0 Å². The molecule has 3 heteroatoms. The zero-order valence-corrected chi connectivity index (χ0v) is 7.45. The van der Waals surface area contributed by atoms with Crippen LogP contribution in [0.4, 0.5) is 0 Å². The first-order valence-corrected chi connectivity index (χ1v) is 4.17. The molecule has 0 saturated carbocycles. The second-order valence-corrected chi connectivity index (χ2v) is 3.11. The second kappa shape index (κ2) is 3.15. The molecule has 1 aromatic carbocycles. The molecule has 0 radical (unpaired) electrons. The van der Waals surface area contributed by atoms with E-state index < -0.39 is 0 Å². The van der Waals surface area contributed by atoms with E-state index in [1.54, 1.807) is 24.5 Å². The van der Waals surface area contributed by atoms with Crippen LogP contribution in [-0.4, -0.2) is 5.11 Å². The fraction of sp³-hybridized carbons (Fsp3) is 0. The molecule has 1 aromatic heterocycles. The summed E-state index contributed by atoms with van der Waals surface area (Å²) < 4.78 is 5.16. The Morgan fingerprint density at radius 3 is 2.69 bits per heavy atom. The minimum absolute atomic E-state index is 0.138. The standard InChI is InChI=1S/C10H7ClO2/c11-8-4-7(5-9(12)6-8)10-2-1-3-13-10/h1-6,12H. The molecular formula is C10H7ClO2. The van der Waals surface area contributed by atoms with Gasteiger partial charge >= 0.3 is 0 Å². The molecule has 0 spiro atoms. The normalized spacial score (nSPS) is 10.2. The van der Waals surface area contributed by atoms with Gasteiger partial charge < -0.3 is 9.52 Å². The molecule has 2 rings (SSSR count). The summed E-state index contributed by atoms with van der Waals surface area (Å²) in [5.41, 5.74) is 0.773. The molecule has 13 heavy (non-hydrogen) atoms. The molecule has 0 atom stereocenters. The molecule has 0 saturated heterocycles. The largest absolute Gasteiger partial charge is 0.508 e. The Labute approximate surface area is 80.4 Å². The predicted molar refractivity (Wildman–Crippen MR) is 50.8 cm³/mol. The lowest BCUT2D eigenvalue weighted by Gasteiger charge is -1.98. The third kappa shape index (κ3) is 1.68. The summed E-state index contributed by atoms with van der Waals surface area (Å²) >= 11 is 5.77. The third-order valence-corrected chi connectivity index (χ3v) is 1.91. The highest BCUT2D eigenvalue weighted by molar-refractivity contribution is 6.31. The number of phenols is 1. The maximum Gasteiger partial charge on any atom is 0.134 e. The predicted octanol–water partition coefficient (Wildman–Crippen LogP) is 3.31. The second-order valence-electron chi connectivity index (χ2n) is 2.68. The summed E-state index contributed by atoms with van der Waals surface area (Å²) in [6.07, 6.45) is 1.58. The van der Waals surface area contributed by atoms with E-state index in [9.17, 15) is 5.11 Å². The smallest absolute Gasteiger partial charge is 0.134 e. The van der Waals surface area contributed by atoms with Gasteiger partial charge in [0, 0.05) is 10.6 Å². The molecular weight excluding hydrogens is 188 g/mol. The fourth-order valence-electron chi connectivity index (χ4n) is 1.16. The van der Waals surface area contributed by atoms with Crippen LogP contribution in [0.2, 0.25) is 5.02 Å². The summed E-state index contributed by atoms with van der Waals surface area (Å²) in [6.45, 7) is 0. The highest BCUT2D eigenvalue weighted by atomic mass is 35.5. The minimum Gasteiger partial charge on any atom is -0.508 e. The Hall–Kier alpha value is -1.41. The van der Waals surface area contributed by atoms with Gasteiger partial charge in [-0.2, -0.15) is 0 Å². The number of benzene rings is 1. The summed E-state index contributed by atoms with van der Waals surface area (Å²) in [5.74, 6) is 0.830. The number of aromatic hydroxyl groups is 1. The van der Waals surface area contributed by atoms with Crippen molar-refractivity contribution >= 4 is 11.6 Å². The Kier molecular flexibility index (Phi) is 1.99. The number of rotatable bonds is 1. The zero-order chi connectivity index (χ0) is 9.26. The molecule has 0 aliphatic rings. The van der Waals surface area contributed by atoms with E-state index in [1.165, 1.54) is 6.07 Å². The maximum atomic E-state index is 9.27. The molecule has 0 aliphatic carbocycles. The van der Waals surface area contributed by atoms with Gasteiger partial charge in [0.05, 0.1) is 6.26 Å². The van der Waals surface area contributed by atoms with Crippen LogP contribution in [0.5, 0.6) is 5.75 Å². The van der Waals surface area contributed by atoms with E-state index in [2.05, 4.69) is 0 Å². The van der Waals surface area contributed by atoms with Crippen LogP contribution >= 0.6 is 11.6 Å². The summed E-state index contributed by atoms with van der Waals surface area (Å²) in [6, 6.07) is 8.41. The molecule has 1 N–H and O–H groups in total. The van der Waals surface area contributed by atoms with E-state index in [4.69, 9.17) is 16.0 Å². The first kappa shape index (κ1) is 8.20. The molecule has 0 unspecified atom stereocenters. The molecule has 0 fully saturated rings. The van der Waals surface area contributed by atoms with Gasteiger partial charge in [0.1, 0.15) is 11.5 Å². The maximum absolute atomic E-state index is 9.27. The fourth-order valence-corrected chi connectivity index (χ4v) is 1.39. The molecule has 0 bridgehead atoms. The Balaban J connectivity index is 2.53. The van der Waals surface area contributed by atoms with Gasteiger partial charge in [0.15, 0.2) is 0 Å². The van der Waals surface area contributed by atoms with E-state index in [-0.39, 0.29) is 5.75 Å². The third-order valence-electron chi connectivity index (χ3n) is 1.69. The first-order chi connectivity index (χ1) is 6.25. The van der Waals surface area contributed by atoms with Gasteiger partial charge in [0.25, 0.3) is 0 Å². The average Bonchev–Trinajstić information content (AvgIpc) is 2.53. The van der Waals surface area contributed by atoms with E-state index in [1.807, 2.05) is 6.07 Å². The summed E-state index contributed by atoms with van der Waals surface area (Å²) in [7, 11) is 0. The molecule has 2 aromatic rings. The van der Waals surface area contributed by atoms with E-state index in [0.29, 0.717) is 10.8 Å².